The highest BCUT2D eigenvalue weighted by Gasteiger charge is 2.22. The van der Waals surface area contributed by atoms with E-state index in [0.29, 0.717) is 15.9 Å². The molecule has 0 spiro atoms. The molecule has 7 nitrogen and oxygen atoms in total. The van der Waals surface area contributed by atoms with Crippen LogP contribution >= 0.6 is 27.5 Å². The summed E-state index contributed by atoms with van der Waals surface area (Å²) < 4.78 is 35.4. The van der Waals surface area contributed by atoms with Crippen LogP contribution in [0.4, 0.5) is 0 Å². The normalized spacial score (nSPS) is 11.6. The Balaban J connectivity index is 1.79. The van der Waals surface area contributed by atoms with Crippen molar-refractivity contribution in [2.24, 2.45) is 0 Å². The highest BCUT2D eigenvalue weighted by molar-refractivity contribution is 9.10. The second-order valence-corrected chi connectivity index (χ2v) is 9.13. The molecule has 2 heterocycles. The molecule has 0 amide bonds. The molecule has 1 N–H and O–H groups in total. The smallest absolute Gasteiger partial charge is 0.244 e. The zero-order valence-electron chi connectivity index (χ0n) is 15.4. The van der Waals surface area contributed by atoms with Crippen LogP contribution in [0.2, 0.25) is 5.02 Å². The fourth-order valence-electron chi connectivity index (χ4n) is 2.70. The van der Waals surface area contributed by atoms with Crippen molar-refractivity contribution in [1.29, 1.82) is 0 Å². The Bertz CT molecular complexity index is 1110. The first-order valence-corrected chi connectivity index (χ1v) is 10.9. The van der Waals surface area contributed by atoms with Crippen LogP contribution < -0.4 is 9.46 Å². The number of nitrogens with one attached hydrogen (secondary N) is 1. The zero-order chi connectivity index (χ0) is 20.5. The molecule has 0 radical (unpaired) electrons. The first-order valence-electron chi connectivity index (χ1n) is 8.22. The lowest BCUT2D eigenvalue weighted by Gasteiger charge is -2.13. The topological polar surface area (TPSA) is 86.1 Å². The van der Waals surface area contributed by atoms with Gasteiger partial charge in [0.25, 0.3) is 0 Å². The molecule has 148 valence electrons. The van der Waals surface area contributed by atoms with Crippen molar-refractivity contribution >= 4 is 37.6 Å². The first kappa shape index (κ1) is 20.8. The minimum absolute atomic E-state index is 0.0402. The minimum Gasteiger partial charge on any atom is -0.494 e. The third-order valence-electron chi connectivity index (χ3n) is 3.97. The molecular formula is C18H18BrClN4O3S. The van der Waals surface area contributed by atoms with Crippen LogP contribution in [0.3, 0.4) is 0 Å². The maximum absolute atomic E-state index is 12.7. The van der Waals surface area contributed by atoms with Gasteiger partial charge in [-0.1, -0.05) is 17.7 Å². The summed E-state index contributed by atoms with van der Waals surface area (Å²) in [5.74, 6) is 0.854. The molecule has 10 heteroatoms. The first-order chi connectivity index (χ1) is 13.2. The average Bonchev–Trinajstić information content (AvgIpc) is 2.98. The monoisotopic (exact) mass is 484 g/mol. The molecule has 0 atom stereocenters. The summed E-state index contributed by atoms with van der Waals surface area (Å²) >= 11 is 9.26. The van der Waals surface area contributed by atoms with E-state index in [1.54, 1.807) is 29.1 Å². The Morgan fingerprint density at radius 3 is 2.57 bits per heavy atom. The molecule has 1 aromatic carbocycles. The second kappa shape index (κ2) is 8.20. The van der Waals surface area contributed by atoms with E-state index in [0.717, 1.165) is 11.4 Å². The average molecular weight is 486 g/mol. The van der Waals surface area contributed by atoms with Crippen molar-refractivity contribution in [1.82, 2.24) is 19.5 Å². The summed E-state index contributed by atoms with van der Waals surface area (Å²) in [5.41, 5.74) is 2.57. The van der Waals surface area contributed by atoms with Crippen molar-refractivity contribution in [3.63, 3.8) is 0 Å². The van der Waals surface area contributed by atoms with Crippen molar-refractivity contribution in [2.75, 3.05) is 7.11 Å². The lowest BCUT2D eigenvalue weighted by atomic mass is 10.3. The van der Waals surface area contributed by atoms with E-state index in [4.69, 9.17) is 16.3 Å². The Morgan fingerprint density at radius 2 is 2.00 bits per heavy atom. The number of rotatable bonds is 6. The molecule has 0 unspecified atom stereocenters. The van der Waals surface area contributed by atoms with Crippen LogP contribution in [0, 0.1) is 13.8 Å². The number of hydrogen-bond donors (Lipinski definition) is 1. The lowest BCUT2D eigenvalue weighted by molar-refractivity contribution is 0.399. The molecule has 0 saturated heterocycles. The van der Waals surface area contributed by atoms with E-state index in [9.17, 15) is 8.42 Å². The second-order valence-electron chi connectivity index (χ2n) is 6.11. The zero-order valence-corrected chi connectivity index (χ0v) is 18.6. The van der Waals surface area contributed by atoms with E-state index in [-0.39, 0.29) is 22.2 Å². The number of hydrogen-bond acceptors (Lipinski definition) is 5. The van der Waals surface area contributed by atoms with Crippen molar-refractivity contribution in [2.45, 2.75) is 25.3 Å². The number of ether oxygens (including phenoxy) is 1. The highest BCUT2D eigenvalue weighted by Crippen LogP contribution is 2.35. The van der Waals surface area contributed by atoms with Gasteiger partial charge in [0.2, 0.25) is 10.0 Å². The van der Waals surface area contributed by atoms with Gasteiger partial charge in [-0.25, -0.2) is 22.8 Å². The summed E-state index contributed by atoms with van der Waals surface area (Å²) in [4.78, 5) is 4.33. The molecule has 0 aliphatic carbocycles. The van der Waals surface area contributed by atoms with Gasteiger partial charge < -0.3 is 4.74 Å². The predicted octanol–water partition coefficient (Wildman–Crippen LogP) is 3.79. The fraction of sp³-hybridized carbons (Fsp3) is 0.222. The van der Waals surface area contributed by atoms with Gasteiger partial charge in [-0.3, -0.25) is 0 Å². The number of sulfonamides is 1. The number of pyridine rings is 1. The maximum Gasteiger partial charge on any atom is 0.244 e. The van der Waals surface area contributed by atoms with Crippen LogP contribution in [-0.4, -0.2) is 30.3 Å². The molecule has 0 aliphatic rings. The van der Waals surface area contributed by atoms with Crippen LogP contribution in [-0.2, 0) is 16.6 Å². The molecule has 0 bridgehead atoms. The van der Waals surface area contributed by atoms with Gasteiger partial charge in [0.05, 0.1) is 17.3 Å². The number of benzene rings is 1. The van der Waals surface area contributed by atoms with Gasteiger partial charge in [0.1, 0.15) is 4.90 Å². The fourth-order valence-corrected chi connectivity index (χ4v) is 5.10. The lowest BCUT2D eigenvalue weighted by Crippen LogP contribution is -2.24. The SMILES string of the molecule is COc1c(Br)cc(Cl)cc1S(=O)(=O)NCc1ccc(-n2nc(C)cc2C)nc1. The van der Waals surface area contributed by atoms with E-state index in [1.807, 2.05) is 19.9 Å². The summed E-state index contributed by atoms with van der Waals surface area (Å²) in [6, 6.07) is 8.46. The quantitative estimate of drug-likeness (QED) is 0.574. The molecular weight excluding hydrogens is 468 g/mol. The largest absolute Gasteiger partial charge is 0.494 e. The molecule has 2 aromatic heterocycles. The van der Waals surface area contributed by atoms with Crippen LogP contribution in [0.5, 0.6) is 5.75 Å². The van der Waals surface area contributed by atoms with Gasteiger partial charge in [0.15, 0.2) is 11.6 Å². The minimum atomic E-state index is -3.85. The Labute approximate surface area is 176 Å². The van der Waals surface area contributed by atoms with Gasteiger partial charge >= 0.3 is 0 Å². The number of aryl methyl sites for hydroxylation is 2. The summed E-state index contributed by atoms with van der Waals surface area (Å²) in [6.07, 6.45) is 1.61. The predicted molar refractivity (Wildman–Crippen MR) is 111 cm³/mol. The van der Waals surface area contributed by atoms with Crippen LogP contribution in [0.1, 0.15) is 17.0 Å². The molecule has 0 saturated carbocycles. The number of halogens is 2. The van der Waals surface area contributed by atoms with Crippen LogP contribution in [0.15, 0.2) is 45.9 Å². The van der Waals surface area contributed by atoms with Gasteiger partial charge in [-0.15, -0.1) is 0 Å². The molecule has 28 heavy (non-hydrogen) atoms. The third kappa shape index (κ3) is 4.38. The number of aromatic nitrogens is 3. The molecule has 0 fully saturated rings. The summed E-state index contributed by atoms with van der Waals surface area (Å²) in [7, 11) is -2.45. The Kier molecular flexibility index (Phi) is 6.09. The highest BCUT2D eigenvalue weighted by atomic mass is 79.9. The van der Waals surface area contributed by atoms with Crippen molar-refractivity contribution < 1.29 is 13.2 Å². The van der Waals surface area contributed by atoms with E-state index in [2.05, 4.69) is 30.7 Å². The van der Waals surface area contributed by atoms with E-state index >= 15 is 0 Å². The molecule has 3 rings (SSSR count). The van der Waals surface area contributed by atoms with E-state index < -0.39 is 10.0 Å². The van der Waals surface area contributed by atoms with Crippen molar-refractivity contribution in [3.05, 3.63) is 63.0 Å². The van der Waals surface area contributed by atoms with Crippen molar-refractivity contribution in [3.8, 4) is 11.6 Å². The Morgan fingerprint density at radius 1 is 1.25 bits per heavy atom. The van der Waals surface area contributed by atoms with E-state index in [1.165, 1.54) is 13.2 Å². The maximum atomic E-state index is 12.7. The van der Waals surface area contributed by atoms with Gasteiger partial charge in [-0.2, -0.15) is 5.10 Å². The third-order valence-corrected chi connectivity index (χ3v) is 6.18. The standard InChI is InChI=1S/C18H18BrClN4O3S/c1-11-6-12(2)24(23-11)17-5-4-13(9-21-17)10-22-28(25,26)16-8-14(20)7-15(19)18(16)27-3/h4-9,22H,10H2,1-3H3. The summed E-state index contributed by atoms with van der Waals surface area (Å²) in [6.45, 7) is 3.93. The van der Waals surface area contributed by atoms with Gasteiger partial charge in [0, 0.05) is 23.5 Å². The molecule has 3 aromatic rings. The number of methoxy groups -OCH3 is 1. The number of nitrogens with zero attached hydrogens (tertiary/aromatic N) is 3. The molecule has 0 aliphatic heterocycles. The van der Waals surface area contributed by atoms with Crippen LogP contribution in [0.25, 0.3) is 5.82 Å². The van der Waals surface area contributed by atoms with Gasteiger partial charge in [-0.05, 0) is 59.6 Å². The summed E-state index contributed by atoms with van der Waals surface area (Å²) in [5, 5.41) is 4.66. The Hall–Kier alpha value is -1.94.